The minimum absolute atomic E-state index is 0.123. The number of aromatic nitrogens is 2. The van der Waals surface area contributed by atoms with E-state index in [2.05, 4.69) is 5.10 Å². The summed E-state index contributed by atoms with van der Waals surface area (Å²) in [6, 6.07) is 22.3. The number of anilines is 1. The van der Waals surface area contributed by atoms with E-state index < -0.39 is 5.97 Å². The van der Waals surface area contributed by atoms with Crippen molar-refractivity contribution in [2.45, 2.75) is 6.61 Å². The molecule has 0 aliphatic carbocycles. The van der Waals surface area contributed by atoms with Gasteiger partial charge in [-0.15, -0.1) is 0 Å². The fraction of sp³-hybridized carbons (Fsp3) is 0.0400. The Morgan fingerprint density at radius 3 is 2.00 bits per heavy atom. The Bertz CT molecular complexity index is 1280. The topological polar surface area (TPSA) is 81.5 Å². The summed E-state index contributed by atoms with van der Waals surface area (Å²) in [6.07, 6.45) is 3.55. The molecule has 156 valence electrons. The van der Waals surface area contributed by atoms with Crippen LogP contribution in [0.2, 0.25) is 0 Å². The molecule has 0 spiro atoms. The van der Waals surface area contributed by atoms with Crippen molar-refractivity contribution in [3.8, 4) is 5.69 Å². The van der Waals surface area contributed by atoms with Crippen molar-refractivity contribution < 1.29 is 19.1 Å². The number of hydrogen-bond acceptors (Lipinski definition) is 5. The molecule has 3 aromatic carbocycles. The van der Waals surface area contributed by atoms with E-state index in [1.165, 1.54) is 0 Å². The molecule has 0 radical (unpaired) electrons. The zero-order chi connectivity index (χ0) is 22.1. The number of esters is 1. The number of imide groups is 1. The molecule has 1 aromatic heterocycles. The Morgan fingerprint density at radius 2 is 1.41 bits per heavy atom. The first-order valence-electron chi connectivity index (χ1n) is 9.96. The Kier molecular flexibility index (Phi) is 4.84. The second kappa shape index (κ2) is 7.96. The van der Waals surface area contributed by atoms with Gasteiger partial charge < -0.3 is 4.74 Å². The van der Waals surface area contributed by atoms with Crippen molar-refractivity contribution in [3.05, 3.63) is 114 Å². The fourth-order valence-electron chi connectivity index (χ4n) is 3.57. The minimum atomic E-state index is -0.491. The fourth-order valence-corrected chi connectivity index (χ4v) is 3.57. The van der Waals surface area contributed by atoms with Crippen molar-refractivity contribution in [1.29, 1.82) is 0 Å². The number of rotatable bonds is 5. The third kappa shape index (κ3) is 3.45. The maximum atomic E-state index is 12.6. The molecular weight excluding hydrogens is 406 g/mol. The van der Waals surface area contributed by atoms with Gasteiger partial charge in [-0.05, 0) is 60.2 Å². The number of fused-ring (bicyclic) bond motifs is 1. The summed E-state index contributed by atoms with van der Waals surface area (Å²) >= 11 is 0. The van der Waals surface area contributed by atoms with Crippen molar-refractivity contribution in [1.82, 2.24) is 9.78 Å². The lowest BCUT2D eigenvalue weighted by atomic mass is 10.1. The van der Waals surface area contributed by atoms with Gasteiger partial charge in [0.25, 0.3) is 11.8 Å². The SMILES string of the molecule is O=C(OCc1ccc(-n2cccn2)cc1)c1ccc(N2C(=O)c3ccccc3C2=O)cc1. The molecule has 0 saturated carbocycles. The molecule has 0 N–H and O–H groups in total. The van der Waals surface area contributed by atoms with Gasteiger partial charge in [0, 0.05) is 12.4 Å². The molecule has 0 unspecified atom stereocenters. The highest BCUT2D eigenvalue weighted by Crippen LogP contribution is 2.28. The molecule has 5 rings (SSSR count). The maximum Gasteiger partial charge on any atom is 0.338 e. The standard InChI is InChI=1S/C25H17N3O4/c29-23-21-4-1-2-5-22(21)24(30)28(23)20-12-8-18(9-13-20)25(31)32-16-17-6-10-19(11-7-17)27-15-3-14-26-27/h1-15H,16H2. The van der Waals surface area contributed by atoms with Crippen LogP contribution in [0.25, 0.3) is 5.69 Å². The molecule has 32 heavy (non-hydrogen) atoms. The predicted octanol–water partition coefficient (Wildman–Crippen LogP) is 4.03. The smallest absolute Gasteiger partial charge is 0.338 e. The van der Waals surface area contributed by atoms with Crippen LogP contribution in [-0.4, -0.2) is 27.6 Å². The van der Waals surface area contributed by atoms with E-state index >= 15 is 0 Å². The van der Waals surface area contributed by atoms with Crippen LogP contribution in [0.4, 0.5) is 5.69 Å². The molecule has 0 atom stereocenters. The van der Waals surface area contributed by atoms with Crippen LogP contribution in [-0.2, 0) is 11.3 Å². The monoisotopic (exact) mass is 423 g/mol. The molecule has 7 heteroatoms. The van der Waals surface area contributed by atoms with Crippen LogP contribution in [0.5, 0.6) is 0 Å². The first-order valence-corrected chi connectivity index (χ1v) is 9.96. The molecule has 1 aliphatic heterocycles. The number of carbonyl (C=O) groups is 3. The zero-order valence-corrected chi connectivity index (χ0v) is 16.8. The quantitative estimate of drug-likeness (QED) is 0.358. The molecule has 0 saturated heterocycles. The molecule has 2 amide bonds. The average molecular weight is 423 g/mol. The van der Waals surface area contributed by atoms with Gasteiger partial charge in [-0.2, -0.15) is 5.10 Å². The summed E-state index contributed by atoms with van der Waals surface area (Å²) in [5.74, 6) is -1.24. The van der Waals surface area contributed by atoms with Crippen molar-refractivity contribution in [2.75, 3.05) is 4.90 Å². The van der Waals surface area contributed by atoms with Gasteiger partial charge in [0.2, 0.25) is 0 Å². The van der Waals surface area contributed by atoms with E-state index in [9.17, 15) is 14.4 Å². The number of benzene rings is 3. The summed E-state index contributed by atoms with van der Waals surface area (Å²) in [4.78, 5) is 38.7. The summed E-state index contributed by atoms with van der Waals surface area (Å²) in [5.41, 5.74) is 3.24. The van der Waals surface area contributed by atoms with Crippen LogP contribution in [0.1, 0.15) is 36.6 Å². The van der Waals surface area contributed by atoms with E-state index in [1.54, 1.807) is 59.4 Å². The van der Waals surface area contributed by atoms with Crippen molar-refractivity contribution in [3.63, 3.8) is 0 Å². The Labute approximate surface area is 183 Å². The largest absolute Gasteiger partial charge is 0.457 e. The third-order valence-electron chi connectivity index (χ3n) is 5.23. The Hall–Kier alpha value is -4.52. The van der Waals surface area contributed by atoms with E-state index in [-0.39, 0.29) is 18.4 Å². The Morgan fingerprint density at radius 1 is 0.781 bits per heavy atom. The Balaban J connectivity index is 1.24. The van der Waals surface area contributed by atoms with Crippen LogP contribution in [0.15, 0.2) is 91.3 Å². The third-order valence-corrected chi connectivity index (χ3v) is 5.23. The molecule has 0 bridgehead atoms. The lowest BCUT2D eigenvalue weighted by Crippen LogP contribution is -2.29. The van der Waals surface area contributed by atoms with Crippen LogP contribution in [0, 0.1) is 0 Å². The first-order chi connectivity index (χ1) is 15.6. The molecule has 1 aliphatic rings. The van der Waals surface area contributed by atoms with E-state index in [0.29, 0.717) is 22.4 Å². The summed E-state index contributed by atoms with van der Waals surface area (Å²) in [7, 11) is 0. The number of carbonyl (C=O) groups excluding carboxylic acids is 3. The molecule has 4 aromatic rings. The molecule has 7 nitrogen and oxygen atoms in total. The van der Waals surface area contributed by atoms with Crippen molar-refractivity contribution >= 4 is 23.5 Å². The zero-order valence-electron chi connectivity index (χ0n) is 16.8. The second-order valence-electron chi connectivity index (χ2n) is 7.23. The highest BCUT2D eigenvalue weighted by Gasteiger charge is 2.36. The lowest BCUT2D eigenvalue weighted by Gasteiger charge is -2.14. The lowest BCUT2D eigenvalue weighted by molar-refractivity contribution is 0.0472. The minimum Gasteiger partial charge on any atom is -0.457 e. The van der Waals surface area contributed by atoms with E-state index in [1.807, 2.05) is 36.5 Å². The number of nitrogens with zero attached hydrogens (tertiary/aromatic N) is 3. The molecule has 2 heterocycles. The first kappa shape index (κ1) is 19.4. The van der Waals surface area contributed by atoms with Gasteiger partial charge in [0.05, 0.1) is 28.1 Å². The van der Waals surface area contributed by atoms with Crippen molar-refractivity contribution in [2.24, 2.45) is 0 Å². The van der Waals surface area contributed by atoms with Crippen LogP contribution < -0.4 is 4.90 Å². The van der Waals surface area contributed by atoms with Crippen LogP contribution in [0.3, 0.4) is 0 Å². The van der Waals surface area contributed by atoms with Crippen LogP contribution >= 0.6 is 0 Å². The highest BCUT2D eigenvalue weighted by atomic mass is 16.5. The highest BCUT2D eigenvalue weighted by molar-refractivity contribution is 6.34. The van der Waals surface area contributed by atoms with Gasteiger partial charge in [-0.1, -0.05) is 24.3 Å². The number of amides is 2. The number of hydrogen-bond donors (Lipinski definition) is 0. The average Bonchev–Trinajstić information content (AvgIpc) is 3.46. The predicted molar refractivity (Wildman–Crippen MR) is 117 cm³/mol. The summed E-state index contributed by atoms with van der Waals surface area (Å²) in [5, 5.41) is 4.17. The van der Waals surface area contributed by atoms with E-state index in [0.717, 1.165) is 16.2 Å². The van der Waals surface area contributed by atoms with Gasteiger partial charge in [-0.3, -0.25) is 9.59 Å². The number of ether oxygens (including phenoxy) is 1. The maximum absolute atomic E-state index is 12.6. The van der Waals surface area contributed by atoms with E-state index in [4.69, 9.17) is 4.74 Å². The molecule has 0 fully saturated rings. The van der Waals surface area contributed by atoms with Gasteiger partial charge in [0.1, 0.15) is 6.61 Å². The summed E-state index contributed by atoms with van der Waals surface area (Å²) in [6.45, 7) is 0.123. The van der Waals surface area contributed by atoms with Gasteiger partial charge in [-0.25, -0.2) is 14.4 Å². The molecular formula is C25H17N3O4. The summed E-state index contributed by atoms with van der Waals surface area (Å²) < 4.78 is 7.14. The second-order valence-corrected chi connectivity index (χ2v) is 7.23. The normalized spacial score (nSPS) is 12.7. The van der Waals surface area contributed by atoms with Gasteiger partial charge in [0.15, 0.2) is 0 Å². The van der Waals surface area contributed by atoms with Gasteiger partial charge >= 0.3 is 5.97 Å².